The van der Waals surface area contributed by atoms with Crippen LogP contribution >= 0.6 is 11.3 Å². The fraction of sp³-hybridized carbons (Fsp3) is 0.438. The third-order valence-corrected chi connectivity index (χ3v) is 4.22. The Bertz CT molecular complexity index is 559. The highest BCUT2D eigenvalue weighted by molar-refractivity contribution is 7.09. The predicted molar refractivity (Wildman–Crippen MR) is 82.8 cm³/mol. The van der Waals surface area contributed by atoms with E-state index >= 15 is 4.39 Å². The lowest BCUT2D eigenvalue weighted by molar-refractivity contribution is 0.175. The normalized spacial score (nSPS) is 15.1. The molecule has 1 atom stereocenters. The summed E-state index contributed by atoms with van der Waals surface area (Å²) in [7, 11) is 0. The number of alkyl halides is 1. The van der Waals surface area contributed by atoms with Gasteiger partial charge < -0.3 is 5.73 Å². The molecule has 0 bridgehead atoms. The van der Waals surface area contributed by atoms with Gasteiger partial charge in [0, 0.05) is 23.8 Å². The van der Waals surface area contributed by atoms with E-state index in [1.54, 1.807) is 12.1 Å². The Labute approximate surface area is 123 Å². The Morgan fingerprint density at radius 3 is 2.35 bits per heavy atom. The Kier molecular flexibility index (Phi) is 4.25. The molecular formula is C16H21FN2S. The molecule has 2 nitrogen and oxygen atoms in total. The zero-order chi connectivity index (χ0) is 14.8. The molecular weight excluding hydrogens is 271 g/mol. The molecule has 2 rings (SSSR count). The molecule has 4 heteroatoms. The van der Waals surface area contributed by atoms with Gasteiger partial charge in [0.2, 0.25) is 0 Å². The standard InChI is InChI=1S/C16H21FN2S/c1-15(2,3)13-10-20-14(19-13)9-16(17,11-18)12-7-5-4-6-8-12/h4-8,10H,9,11,18H2,1-3H3. The van der Waals surface area contributed by atoms with Gasteiger partial charge in [-0.1, -0.05) is 51.1 Å². The molecule has 0 aliphatic heterocycles. The number of benzene rings is 1. The maximum absolute atomic E-state index is 15.1. The molecule has 108 valence electrons. The molecule has 1 aromatic carbocycles. The lowest BCUT2D eigenvalue weighted by Gasteiger charge is -2.23. The minimum Gasteiger partial charge on any atom is -0.327 e. The molecule has 1 unspecified atom stereocenters. The minimum absolute atomic E-state index is 0.0107. The van der Waals surface area contributed by atoms with Crippen LogP contribution in [0.4, 0.5) is 4.39 Å². The van der Waals surface area contributed by atoms with Crippen molar-refractivity contribution in [3.8, 4) is 0 Å². The first kappa shape index (κ1) is 15.1. The van der Waals surface area contributed by atoms with E-state index in [9.17, 15) is 0 Å². The van der Waals surface area contributed by atoms with Crippen LogP contribution in [0.5, 0.6) is 0 Å². The van der Waals surface area contributed by atoms with Crippen LogP contribution in [0.25, 0.3) is 0 Å². The van der Waals surface area contributed by atoms with E-state index in [1.807, 2.05) is 23.6 Å². The predicted octanol–water partition coefficient (Wildman–Crippen LogP) is 3.81. The van der Waals surface area contributed by atoms with E-state index in [4.69, 9.17) is 5.73 Å². The monoisotopic (exact) mass is 292 g/mol. The first-order valence-electron chi connectivity index (χ1n) is 6.74. The minimum atomic E-state index is -1.55. The summed E-state index contributed by atoms with van der Waals surface area (Å²) in [5, 5.41) is 2.81. The summed E-state index contributed by atoms with van der Waals surface area (Å²) in [5.74, 6) is 0. The lowest BCUT2D eigenvalue weighted by Crippen LogP contribution is -2.32. The number of hydrogen-bond acceptors (Lipinski definition) is 3. The summed E-state index contributed by atoms with van der Waals surface area (Å²) >= 11 is 1.51. The van der Waals surface area contributed by atoms with Crippen molar-refractivity contribution in [2.24, 2.45) is 5.73 Å². The molecule has 0 saturated carbocycles. The van der Waals surface area contributed by atoms with Crippen molar-refractivity contribution in [3.63, 3.8) is 0 Å². The third-order valence-electron chi connectivity index (χ3n) is 3.37. The van der Waals surface area contributed by atoms with Crippen molar-refractivity contribution in [2.45, 2.75) is 38.3 Å². The summed E-state index contributed by atoms with van der Waals surface area (Å²) in [6.45, 7) is 6.28. The summed E-state index contributed by atoms with van der Waals surface area (Å²) in [6.07, 6.45) is 0.230. The highest BCUT2D eigenvalue weighted by Gasteiger charge is 2.32. The summed E-state index contributed by atoms with van der Waals surface area (Å²) in [5.41, 5.74) is 5.75. The van der Waals surface area contributed by atoms with Gasteiger partial charge in [0.05, 0.1) is 10.7 Å². The average molecular weight is 292 g/mol. The second kappa shape index (κ2) is 5.62. The largest absolute Gasteiger partial charge is 0.327 e. The highest BCUT2D eigenvalue weighted by atomic mass is 32.1. The van der Waals surface area contributed by atoms with Crippen LogP contribution in [0.3, 0.4) is 0 Å². The van der Waals surface area contributed by atoms with E-state index in [0.717, 1.165) is 10.7 Å². The molecule has 0 saturated heterocycles. The van der Waals surface area contributed by atoms with Gasteiger partial charge in [0.1, 0.15) is 0 Å². The van der Waals surface area contributed by atoms with Crippen LogP contribution in [-0.2, 0) is 17.5 Å². The zero-order valence-electron chi connectivity index (χ0n) is 12.2. The van der Waals surface area contributed by atoms with E-state index in [2.05, 4.69) is 25.8 Å². The second-order valence-electron chi connectivity index (χ2n) is 6.09. The lowest BCUT2D eigenvalue weighted by atomic mass is 9.92. The van der Waals surface area contributed by atoms with Crippen LogP contribution < -0.4 is 5.73 Å². The van der Waals surface area contributed by atoms with E-state index < -0.39 is 5.67 Å². The molecule has 2 N–H and O–H groups in total. The Morgan fingerprint density at radius 1 is 1.20 bits per heavy atom. The van der Waals surface area contributed by atoms with Crippen molar-refractivity contribution >= 4 is 11.3 Å². The molecule has 0 amide bonds. The molecule has 2 aromatic rings. The fourth-order valence-electron chi connectivity index (χ4n) is 2.01. The van der Waals surface area contributed by atoms with Crippen LogP contribution in [0.2, 0.25) is 0 Å². The maximum atomic E-state index is 15.1. The van der Waals surface area contributed by atoms with Crippen LogP contribution in [0.15, 0.2) is 35.7 Å². The summed E-state index contributed by atoms with van der Waals surface area (Å²) < 4.78 is 15.1. The number of nitrogens with zero attached hydrogens (tertiary/aromatic N) is 1. The zero-order valence-corrected chi connectivity index (χ0v) is 13.0. The molecule has 0 spiro atoms. The van der Waals surface area contributed by atoms with Gasteiger partial charge in [-0.2, -0.15) is 0 Å². The fourth-order valence-corrected chi connectivity index (χ4v) is 3.12. The summed E-state index contributed by atoms with van der Waals surface area (Å²) in [6, 6.07) is 9.11. The Balaban J connectivity index is 2.25. The van der Waals surface area contributed by atoms with Gasteiger partial charge >= 0.3 is 0 Å². The van der Waals surface area contributed by atoms with Crippen molar-refractivity contribution in [1.29, 1.82) is 0 Å². The average Bonchev–Trinajstić information content (AvgIpc) is 2.88. The van der Waals surface area contributed by atoms with Crippen LogP contribution in [0, 0.1) is 0 Å². The van der Waals surface area contributed by atoms with Crippen molar-refractivity contribution in [2.75, 3.05) is 6.54 Å². The SMILES string of the molecule is CC(C)(C)c1csc(CC(F)(CN)c2ccccc2)n1. The second-order valence-corrected chi connectivity index (χ2v) is 7.03. The highest BCUT2D eigenvalue weighted by Crippen LogP contribution is 2.32. The molecule has 20 heavy (non-hydrogen) atoms. The topological polar surface area (TPSA) is 38.9 Å². The molecule has 0 aliphatic rings. The Hall–Kier alpha value is -1.26. The molecule has 0 fully saturated rings. The first-order chi connectivity index (χ1) is 9.35. The number of hydrogen-bond donors (Lipinski definition) is 1. The van der Waals surface area contributed by atoms with Gasteiger partial charge in [-0.25, -0.2) is 9.37 Å². The maximum Gasteiger partial charge on any atom is 0.154 e. The van der Waals surface area contributed by atoms with Crippen molar-refractivity contribution in [1.82, 2.24) is 4.98 Å². The number of nitrogens with two attached hydrogens (primary N) is 1. The third kappa shape index (κ3) is 3.25. The molecule has 1 aromatic heterocycles. The summed E-state index contributed by atoms with van der Waals surface area (Å²) in [4.78, 5) is 4.56. The first-order valence-corrected chi connectivity index (χ1v) is 7.62. The van der Waals surface area contributed by atoms with Crippen LogP contribution in [-0.4, -0.2) is 11.5 Å². The van der Waals surface area contributed by atoms with Crippen molar-refractivity contribution in [3.05, 3.63) is 52.0 Å². The van der Waals surface area contributed by atoms with Crippen LogP contribution in [0.1, 0.15) is 37.0 Å². The smallest absolute Gasteiger partial charge is 0.154 e. The Morgan fingerprint density at radius 2 is 1.85 bits per heavy atom. The number of halogens is 1. The number of aromatic nitrogens is 1. The van der Waals surface area contributed by atoms with E-state index in [0.29, 0.717) is 5.56 Å². The molecule has 0 radical (unpaired) electrons. The number of thiazole rings is 1. The van der Waals surface area contributed by atoms with E-state index in [-0.39, 0.29) is 18.4 Å². The van der Waals surface area contributed by atoms with Gasteiger partial charge in [-0.05, 0) is 5.56 Å². The molecule has 1 heterocycles. The van der Waals surface area contributed by atoms with Crippen molar-refractivity contribution < 1.29 is 4.39 Å². The van der Waals surface area contributed by atoms with Gasteiger partial charge in [0.15, 0.2) is 5.67 Å². The quantitative estimate of drug-likeness (QED) is 0.930. The number of rotatable bonds is 4. The van der Waals surface area contributed by atoms with Gasteiger partial charge in [-0.15, -0.1) is 11.3 Å². The molecule has 0 aliphatic carbocycles. The van der Waals surface area contributed by atoms with E-state index in [1.165, 1.54) is 11.3 Å². The van der Waals surface area contributed by atoms with Gasteiger partial charge in [-0.3, -0.25) is 0 Å². The van der Waals surface area contributed by atoms with Gasteiger partial charge in [0.25, 0.3) is 0 Å².